The summed E-state index contributed by atoms with van der Waals surface area (Å²) in [5.41, 5.74) is 5.14. The van der Waals surface area contributed by atoms with Crippen LogP contribution in [0.5, 0.6) is 0 Å². The molecule has 0 aliphatic carbocycles. The third kappa shape index (κ3) is 2.02. The topological polar surface area (TPSA) is 51.8 Å². The quantitative estimate of drug-likeness (QED) is 0.370. The molecule has 0 amide bonds. The Morgan fingerprint density at radius 1 is 0.833 bits per heavy atom. The van der Waals surface area contributed by atoms with Gasteiger partial charge in [0.25, 0.3) is 0 Å². The molecule has 0 atom stereocenters. The van der Waals surface area contributed by atoms with Gasteiger partial charge in [0.1, 0.15) is 22.4 Å². The summed E-state index contributed by atoms with van der Waals surface area (Å²) in [6.45, 7) is 0. The molecule has 0 saturated carbocycles. The Bertz CT molecular complexity index is 1230. The fourth-order valence-corrected chi connectivity index (χ4v) is 3.38. The Hall–Kier alpha value is -2.79. The van der Waals surface area contributed by atoms with Crippen molar-refractivity contribution in [2.45, 2.75) is 0 Å². The minimum absolute atomic E-state index is 0.551. The molecule has 0 radical (unpaired) electrons. The molecule has 0 N–H and O–H groups in total. The molecule has 3 heterocycles. The van der Waals surface area contributed by atoms with E-state index in [2.05, 4.69) is 43.0 Å². The number of furan rings is 1. The van der Waals surface area contributed by atoms with Gasteiger partial charge in [0.15, 0.2) is 4.73 Å². The second-order valence-electron chi connectivity index (χ2n) is 5.52. The van der Waals surface area contributed by atoms with Crippen LogP contribution < -0.4 is 0 Å². The largest absolute Gasteiger partial charge is 0.456 e. The van der Waals surface area contributed by atoms with Crippen molar-refractivity contribution in [1.29, 1.82) is 0 Å². The molecule has 0 aliphatic rings. The van der Waals surface area contributed by atoms with Gasteiger partial charge in [-0.05, 0) is 52.3 Å². The maximum Gasteiger partial charge on any atom is 0.197 e. The predicted molar refractivity (Wildman–Crippen MR) is 97.7 cm³/mol. The van der Waals surface area contributed by atoms with Crippen molar-refractivity contribution in [3.05, 3.63) is 65.5 Å². The van der Waals surface area contributed by atoms with Crippen molar-refractivity contribution in [2.75, 3.05) is 0 Å². The van der Waals surface area contributed by atoms with E-state index in [4.69, 9.17) is 4.42 Å². The fourth-order valence-electron chi connectivity index (χ4n) is 3.01. The molecule has 114 valence electrons. The molecule has 5 heteroatoms. The number of nitrogens with zero attached hydrogens (tertiary/aromatic N) is 3. The third-order valence-corrected chi connectivity index (χ3v) is 4.43. The Balaban J connectivity index is 1.85. The summed E-state index contributed by atoms with van der Waals surface area (Å²) in [6.07, 6.45) is 1.76. The van der Waals surface area contributed by atoms with Crippen molar-refractivity contribution in [1.82, 2.24) is 15.0 Å². The van der Waals surface area contributed by atoms with E-state index in [1.807, 2.05) is 42.5 Å². The number of hydrogen-bond donors (Lipinski definition) is 0. The highest BCUT2D eigenvalue weighted by Crippen LogP contribution is 2.33. The Morgan fingerprint density at radius 3 is 2.67 bits per heavy atom. The van der Waals surface area contributed by atoms with E-state index in [1.54, 1.807) is 6.20 Å². The molecule has 3 aromatic heterocycles. The average molecular weight is 376 g/mol. The average Bonchev–Trinajstić information content (AvgIpc) is 2.99. The lowest BCUT2D eigenvalue weighted by molar-refractivity contribution is 0.669. The Labute approximate surface area is 145 Å². The van der Waals surface area contributed by atoms with Crippen molar-refractivity contribution in [2.24, 2.45) is 0 Å². The normalized spacial score (nSPS) is 11.5. The maximum absolute atomic E-state index is 5.90. The molecular weight excluding hydrogens is 366 g/mol. The Morgan fingerprint density at radius 2 is 1.71 bits per heavy atom. The lowest BCUT2D eigenvalue weighted by Gasteiger charge is -2.05. The van der Waals surface area contributed by atoms with Crippen LogP contribution in [0.15, 0.2) is 69.9 Å². The number of para-hydroxylation sites is 1. The Kier molecular flexibility index (Phi) is 2.90. The summed E-state index contributed by atoms with van der Waals surface area (Å²) in [5, 5.41) is 2.17. The molecule has 0 saturated heterocycles. The molecule has 5 rings (SSSR count). The van der Waals surface area contributed by atoms with Gasteiger partial charge in [0.05, 0.1) is 5.52 Å². The number of benzene rings is 2. The van der Waals surface area contributed by atoms with Crippen LogP contribution in [-0.4, -0.2) is 15.0 Å². The molecule has 0 aliphatic heterocycles. The molecular formula is C19H10BrN3O. The van der Waals surface area contributed by atoms with E-state index >= 15 is 0 Å². The van der Waals surface area contributed by atoms with E-state index in [0.717, 1.165) is 44.2 Å². The summed E-state index contributed by atoms with van der Waals surface area (Å²) in [4.78, 5) is 13.4. The van der Waals surface area contributed by atoms with Gasteiger partial charge >= 0.3 is 0 Å². The molecule has 0 unspecified atom stereocenters. The van der Waals surface area contributed by atoms with Crippen LogP contribution in [0.1, 0.15) is 0 Å². The van der Waals surface area contributed by atoms with Crippen LogP contribution >= 0.6 is 15.9 Å². The smallest absolute Gasteiger partial charge is 0.197 e. The number of aromatic nitrogens is 3. The summed E-state index contributed by atoms with van der Waals surface area (Å²) in [7, 11) is 0. The number of fused-ring (bicyclic) bond motifs is 4. The first-order valence-corrected chi connectivity index (χ1v) is 8.29. The highest BCUT2D eigenvalue weighted by atomic mass is 79.9. The number of pyridine rings is 1. The minimum Gasteiger partial charge on any atom is -0.456 e. The molecule has 0 spiro atoms. The SMILES string of the molecule is Brc1nc(-c2ccc3oc4ccccc4c3c2)c2ncccc2n1. The second kappa shape index (κ2) is 5.11. The van der Waals surface area contributed by atoms with Gasteiger partial charge in [-0.2, -0.15) is 0 Å². The van der Waals surface area contributed by atoms with E-state index in [1.165, 1.54) is 0 Å². The van der Waals surface area contributed by atoms with Gasteiger partial charge in [0, 0.05) is 22.5 Å². The van der Waals surface area contributed by atoms with Gasteiger partial charge in [-0.3, -0.25) is 4.98 Å². The van der Waals surface area contributed by atoms with E-state index in [-0.39, 0.29) is 0 Å². The summed E-state index contributed by atoms with van der Waals surface area (Å²) in [6, 6.07) is 17.9. The predicted octanol–water partition coefficient (Wildman–Crippen LogP) is 5.35. The minimum atomic E-state index is 0.551. The van der Waals surface area contributed by atoms with Crippen LogP contribution in [0.2, 0.25) is 0 Å². The lowest BCUT2D eigenvalue weighted by Crippen LogP contribution is -1.93. The summed E-state index contributed by atoms with van der Waals surface area (Å²) in [5.74, 6) is 0. The summed E-state index contributed by atoms with van der Waals surface area (Å²) < 4.78 is 6.45. The highest BCUT2D eigenvalue weighted by Gasteiger charge is 2.13. The van der Waals surface area contributed by atoms with E-state index < -0.39 is 0 Å². The second-order valence-corrected chi connectivity index (χ2v) is 6.23. The van der Waals surface area contributed by atoms with Crippen molar-refractivity contribution in [3.8, 4) is 11.3 Å². The molecule has 0 bridgehead atoms. The number of halogens is 1. The zero-order chi connectivity index (χ0) is 16.1. The molecule has 4 nitrogen and oxygen atoms in total. The number of hydrogen-bond acceptors (Lipinski definition) is 4. The van der Waals surface area contributed by atoms with Gasteiger partial charge < -0.3 is 4.42 Å². The molecule has 0 fully saturated rings. The van der Waals surface area contributed by atoms with Crippen molar-refractivity contribution < 1.29 is 4.42 Å². The van der Waals surface area contributed by atoms with Gasteiger partial charge in [0.2, 0.25) is 0 Å². The first-order chi connectivity index (χ1) is 11.8. The van der Waals surface area contributed by atoms with Crippen LogP contribution in [0, 0.1) is 0 Å². The lowest BCUT2D eigenvalue weighted by atomic mass is 10.1. The maximum atomic E-state index is 5.90. The van der Waals surface area contributed by atoms with Gasteiger partial charge in [-0.1, -0.05) is 18.2 Å². The first-order valence-electron chi connectivity index (χ1n) is 7.49. The zero-order valence-corrected chi connectivity index (χ0v) is 14.0. The third-order valence-electron chi connectivity index (χ3n) is 4.08. The monoisotopic (exact) mass is 375 g/mol. The fraction of sp³-hybridized carbons (Fsp3) is 0. The van der Waals surface area contributed by atoms with E-state index in [0.29, 0.717) is 4.73 Å². The van der Waals surface area contributed by atoms with Crippen LogP contribution in [-0.2, 0) is 0 Å². The zero-order valence-electron chi connectivity index (χ0n) is 12.4. The van der Waals surface area contributed by atoms with Crippen LogP contribution in [0.3, 0.4) is 0 Å². The van der Waals surface area contributed by atoms with Gasteiger partial charge in [-0.15, -0.1) is 0 Å². The molecule has 2 aromatic carbocycles. The summed E-state index contributed by atoms with van der Waals surface area (Å²) >= 11 is 3.39. The highest BCUT2D eigenvalue weighted by molar-refractivity contribution is 9.10. The van der Waals surface area contributed by atoms with Crippen LogP contribution in [0.4, 0.5) is 0 Å². The first kappa shape index (κ1) is 13.6. The van der Waals surface area contributed by atoms with Crippen molar-refractivity contribution >= 4 is 48.9 Å². The number of rotatable bonds is 1. The molecule has 24 heavy (non-hydrogen) atoms. The van der Waals surface area contributed by atoms with E-state index in [9.17, 15) is 0 Å². The van der Waals surface area contributed by atoms with Gasteiger partial charge in [-0.25, -0.2) is 9.97 Å². The van der Waals surface area contributed by atoms with Crippen LogP contribution in [0.25, 0.3) is 44.2 Å². The standard InChI is InChI=1S/C19H10BrN3O/c20-19-22-14-5-3-9-21-18(14)17(23-19)11-7-8-16-13(10-11)12-4-1-2-6-15(12)24-16/h1-10H. The molecule has 5 aromatic rings. The van der Waals surface area contributed by atoms with Crippen molar-refractivity contribution in [3.63, 3.8) is 0 Å².